The molecule has 1 N–H and O–H groups in total. The third kappa shape index (κ3) is 4.86. The third-order valence-electron chi connectivity index (χ3n) is 1.83. The van der Waals surface area contributed by atoms with Gasteiger partial charge in [0, 0.05) is 4.47 Å². The van der Waals surface area contributed by atoms with Crippen LogP contribution >= 0.6 is 27.5 Å². The van der Waals surface area contributed by atoms with E-state index in [-0.39, 0.29) is 5.91 Å². The number of carbonyl (C=O) groups is 1. The summed E-state index contributed by atoms with van der Waals surface area (Å²) in [4.78, 5) is 11.1. The fourth-order valence-corrected chi connectivity index (χ4v) is 1.50. The summed E-state index contributed by atoms with van der Waals surface area (Å²) in [6.07, 6.45) is 0. The van der Waals surface area contributed by atoms with Crippen LogP contribution in [-0.2, 0) is 4.79 Å². The lowest BCUT2D eigenvalue weighted by Crippen LogP contribution is -2.32. The molecule has 1 unspecified atom stereocenters. The lowest BCUT2D eigenvalue weighted by atomic mass is 10.3. The largest absolute Gasteiger partial charge is 0.492 e. The maximum Gasteiger partial charge on any atom is 0.237 e. The first-order valence-electron chi connectivity index (χ1n) is 4.90. The Hall–Kier alpha value is -0.740. The Labute approximate surface area is 108 Å². The van der Waals surface area contributed by atoms with Crippen LogP contribution < -0.4 is 10.1 Å². The number of nitrogens with one attached hydrogen (secondary N) is 1. The topological polar surface area (TPSA) is 38.3 Å². The molecule has 1 amide bonds. The van der Waals surface area contributed by atoms with Crippen LogP contribution in [-0.4, -0.2) is 24.4 Å². The van der Waals surface area contributed by atoms with Crippen LogP contribution in [0.5, 0.6) is 5.75 Å². The van der Waals surface area contributed by atoms with Crippen molar-refractivity contribution >= 4 is 33.4 Å². The Bertz CT molecular complexity index is 358. The van der Waals surface area contributed by atoms with Gasteiger partial charge in [-0.25, -0.2) is 0 Å². The smallest absolute Gasteiger partial charge is 0.237 e. The highest BCUT2D eigenvalue weighted by Crippen LogP contribution is 2.17. The summed E-state index contributed by atoms with van der Waals surface area (Å²) in [5, 5.41) is 2.15. The predicted octanol–water partition coefficient (Wildman–Crippen LogP) is 2.57. The van der Waals surface area contributed by atoms with Gasteiger partial charge in [-0.2, -0.15) is 0 Å². The fraction of sp³-hybridized carbons (Fsp3) is 0.364. The van der Waals surface area contributed by atoms with Crippen LogP contribution in [0.25, 0.3) is 0 Å². The summed E-state index contributed by atoms with van der Waals surface area (Å²) >= 11 is 8.93. The molecule has 0 aromatic heterocycles. The maximum atomic E-state index is 11.1. The van der Waals surface area contributed by atoms with Gasteiger partial charge in [0.15, 0.2) is 0 Å². The van der Waals surface area contributed by atoms with Crippen molar-refractivity contribution in [1.82, 2.24) is 5.32 Å². The number of ether oxygens (including phenoxy) is 1. The lowest BCUT2D eigenvalue weighted by molar-refractivity contribution is -0.120. The van der Waals surface area contributed by atoms with Crippen molar-refractivity contribution in [2.45, 2.75) is 12.3 Å². The average molecular weight is 307 g/mol. The molecule has 0 bridgehead atoms. The second kappa shape index (κ2) is 6.76. The van der Waals surface area contributed by atoms with Gasteiger partial charge in [0.2, 0.25) is 5.91 Å². The van der Waals surface area contributed by atoms with Gasteiger partial charge in [0.05, 0.1) is 6.54 Å². The number of benzene rings is 1. The molecule has 88 valence electrons. The summed E-state index contributed by atoms with van der Waals surface area (Å²) in [5.74, 6) is 0.585. The van der Waals surface area contributed by atoms with Gasteiger partial charge in [0.25, 0.3) is 0 Å². The lowest BCUT2D eigenvalue weighted by Gasteiger charge is -2.08. The predicted molar refractivity (Wildman–Crippen MR) is 68.0 cm³/mol. The highest BCUT2D eigenvalue weighted by atomic mass is 79.9. The monoisotopic (exact) mass is 305 g/mol. The van der Waals surface area contributed by atoms with Gasteiger partial charge >= 0.3 is 0 Å². The SMILES string of the molecule is CC(Cl)C(=O)NCCOc1cccc(Br)c1. The van der Waals surface area contributed by atoms with Crippen LogP contribution in [0.4, 0.5) is 0 Å². The molecule has 0 aliphatic rings. The first kappa shape index (κ1) is 13.3. The molecule has 1 atom stereocenters. The highest BCUT2D eigenvalue weighted by Gasteiger charge is 2.07. The molecule has 16 heavy (non-hydrogen) atoms. The van der Waals surface area contributed by atoms with Crippen LogP contribution in [0.2, 0.25) is 0 Å². The second-order valence-corrected chi connectivity index (χ2v) is 4.78. The first-order valence-corrected chi connectivity index (χ1v) is 6.12. The molecular formula is C11H13BrClNO2. The molecule has 3 nitrogen and oxygen atoms in total. The molecule has 0 saturated heterocycles. The number of hydrogen-bond donors (Lipinski definition) is 1. The number of halogens is 2. The molecular weight excluding hydrogens is 293 g/mol. The first-order chi connectivity index (χ1) is 7.59. The molecule has 0 fully saturated rings. The normalized spacial score (nSPS) is 11.9. The average Bonchev–Trinajstić information content (AvgIpc) is 2.24. The third-order valence-corrected chi connectivity index (χ3v) is 2.52. The van der Waals surface area contributed by atoms with Gasteiger partial charge in [-0.3, -0.25) is 4.79 Å². The van der Waals surface area contributed by atoms with Crippen molar-refractivity contribution in [1.29, 1.82) is 0 Å². The Kier molecular flexibility index (Phi) is 5.63. The minimum absolute atomic E-state index is 0.181. The highest BCUT2D eigenvalue weighted by molar-refractivity contribution is 9.10. The van der Waals surface area contributed by atoms with E-state index in [0.717, 1.165) is 10.2 Å². The number of alkyl halides is 1. The Morgan fingerprint density at radius 1 is 1.62 bits per heavy atom. The molecule has 1 aromatic rings. The maximum absolute atomic E-state index is 11.1. The standard InChI is InChI=1S/C11H13BrClNO2/c1-8(13)11(15)14-5-6-16-10-4-2-3-9(12)7-10/h2-4,7-8H,5-6H2,1H3,(H,14,15). The van der Waals surface area contributed by atoms with E-state index < -0.39 is 5.38 Å². The molecule has 0 radical (unpaired) electrons. The molecule has 0 aliphatic heterocycles. The van der Waals surface area contributed by atoms with Crippen molar-refractivity contribution in [2.75, 3.05) is 13.2 Å². The summed E-state index contributed by atoms with van der Waals surface area (Å²) < 4.78 is 6.39. The molecule has 0 aliphatic carbocycles. The Morgan fingerprint density at radius 3 is 3.00 bits per heavy atom. The van der Waals surface area contributed by atoms with Crippen LogP contribution in [0.15, 0.2) is 28.7 Å². The summed E-state index contributed by atoms with van der Waals surface area (Å²) in [5.41, 5.74) is 0. The summed E-state index contributed by atoms with van der Waals surface area (Å²) in [6.45, 7) is 2.50. The van der Waals surface area contributed by atoms with E-state index in [4.69, 9.17) is 16.3 Å². The van der Waals surface area contributed by atoms with E-state index in [1.165, 1.54) is 0 Å². The number of amides is 1. The van der Waals surface area contributed by atoms with E-state index in [1.807, 2.05) is 24.3 Å². The van der Waals surface area contributed by atoms with Crippen molar-refractivity contribution in [3.05, 3.63) is 28.7 Å². The van der Waals surface area contributed by atoms with E-state index >= 15 is 0 Å². The number of hydrogen-bond acceptors (Lipinski definition) is 2. The van der Waals surface area contributed by atoms with Crippen LogP contribution in [0.3, 0.4) is 0 Å². The molecule has 0 spiro atoms. The van der Waals surface area contributed by atoms with Crippen molar-refractivity contribution in [3.63, 3.8) is 0 Å². The van der Waals surface area contributed by atoms with Gasteiger partial charge in [-0.15, -0.1) is 11.6 Å². The minimum Gasteiger partial charge on any atom is -0.492 e. The summed E-state index contributed by atoms with van der Waals surface area (Å²) in [6, 6.07) is 7.53. The zero-order valence-electron chi connectivity index (χ0n) is 8.87. The van der Waals surface area contributed by atoms with E-state index in [2.05, 4.69) is 21.2 Å². The Morgan fingerprint density at radius 2 is 2.38 bits per heavy atom. The fourth-order valence-electron chi connectivity index (χ4n) is 1.04. The van der Waals surface area contributed by atoms with Crippen LogP contribution in [0, 0.1) is 0 Å². The zero-order valence-corrected chi connectivity index (χ0v) is 11.2. The molecule has 5 heteroatoms. The van der Waals surface area contributed by atoms with Gasteiger partial charge in [-0.1, -0.05) is 22.0 Å². The van der Waals surface area contributed by atoms with Gasteiger partial charge < -0.3 is 10.1 Å². The van der Waals surface area contributed by atoms with E-state index in [1.54, 1.807) is 6.92 Å². The number of carbonyl (C=O) groups excluding carboxylic acids is 1. The van der Waals surface area contributed by atoms with Crippen molar-refractivity contribution in [2.24, 2.45) is 0 Å². The molecule has 0 saturated carbocycles. The number of rotatable bonds is 5. The summed E-state index contributed by atoms with van der Waals surface area (Å²) in [7, 11) is 0. The molecule has 1 rings (SSSR count). The van der Waals surface area contributed by atoms with Gasteiger partial charge in [0.1, 0.15) is 17.7 Å². The van der Waals surface area contributed by atoms with Crippen molar-refractivity contribution in [3.8, 4) is 5.75 Å². The molecule has 1 aromatic carbocycles. The van der Waals surface area contributed by atoms with Crippen molar-refractivity contribution < 1.29 is 9.53 Å². The van der Waals surface area contributed by atoms with E-state index in [9.17, 15) is 4.79 Å². The molecule has 0 heterocycles. The van der Waals surface area contributed by atoms with Gasteiger partial charge in [-0.05, 0) is 25.1 Å². The van der Waals surface area contributed by atoms with E-state index in [0.29, 0.717) is 13.2 Å². The zero-order chi connectivity index (χ0) is 12.0. The Balaban J connectivity index is 2.23. The minimum atomic E-state index is -0.508. The van der Waals surface area contributed by atoms with Crippen LogP contribution in [0.1, 0.15) is 6.92 Å². The quantitative estimate of drug-likeness (QED) is 0.671. The second-order valence-electron chi connectivity index (χ2n) is 3.21.